The van der Waals surface area contributed by atoms with Crippen LogP contribution in [0.15, 0.2) is 6.20 Å². The van der Waals surface area contributed by atoms with Crippen LogP contribution in [0.5, 0.6) is 0 Å². The van der Waals surface area contributed by atoms with Gasteiger partial charge >= 0.3 is 5.97 Å². The number of carboxylic acids is 1. The zero-order chi connectivity index (χ0) is 14.2. The fraction of sp³-hybridized carbons (Fsp3) is 0.692. The molecule has 2 unspecified atom stereocenters. The van der Waals surface area contributed by atoms with Crippen LogP contribution in [-0.4, -0.2) is 62.9 Å². The Kier molecular flexibility index (Phi) is 3.91. The molecule has 0 aromatic carbocycles. The fourth-order valence-corrected chi connectivity index (χ4v) is 2.68. The topological polar surface area (TPSA) is 61.6 Å². The minimum Gasteiger partial charge on any atom is -0.478 e. The first-order valence-electron chi connectivity index (χ1n) is 6.58. The molecule has 1 N–H and O–H groups in total. The number of aromatic nitrogens is 2. The Morgan fingerprint density at radius 2 is 1.95 bits per heavy atom. The van der Waals surface area contributed by atoms with E-state index in [1.165, 1.54) is 6.20 Å². The number of carbonyl (C=O) groups is 1. The van der Waals surface area contributed by atoms with E-state index in [2.05, 4.69) is 35.8 Å². The number of carboxylic acid groups (broad SMARTS) is 1. The molecule has 6 heteroatoms. The Hall–Kier alpha value is -1.40. The lowest BCUT2D eigenvalue weighted by molar-refractivity contribution is 0.0534. The highest BCUT2D eigenvalue weighted by Gasteiger charge is 2.28. The molecule has 0 radical (unpaired) electrons. The van der Waals surface area contributed by atoms with Crippen molar-refractivity contribution in [1.29, 1.82) is 0 Å². The third-order valence-electron chi connectivity index (χ3n) is 4.10. The van der Waals surface area contributed by atoms with Crippen molar-refractivity contribution in [3.05, 3.63) is 17.5 Å². The molecule has 106 valence electrons. The van der Waals surface area contributed by atoms with Crippen molar-refractivity contribution >= 4 is 5.97 Å². The van der Waals surface area contributed by atoms with Crippen LogP contribution in [0.4, 0.5) is 0 Å². The quantitative estimate of drug-likeness (QED) is 0.870. The van der Waals surface area contributed by atoms with Gasteiger partial charge < -0.3 is 5.11 Å². The van der Waals surface area contributed by atoms with Gasteiger partial charge in [-0.1, -0.05) is 0 Å². The van der Waals surface area contributed by atoms with Crippen LogP contribution in [0, 0.1) is 0 Å². The van der Waals surface area contributed by atoms with Crippen molar-refractivity contribution in [2.75, 3.05) is 20.1 Å². The number of aromatic carboxylic acids is 1. The predicted octanol–water partition coefficient (Wildman–Crippen LogP) is 0.643. The maximum absolute atomic E-state index is 11.2. The molecule has 1 fully saturated rings. The molecule has 1 saturated heterocycles. The van der Waals surface area contributed by atoms with Gasteiger partial charge in [-0.25, -0.2) is 4.79 Å². The van der Waals surface area contributed by atoms with Gasteiger partial charge in [0.1, 0.15) is 5.56 Å². The first-order valence-corrected chi connectivity index (χ1v) is 6.58. The molecule has 0 aliphatic carbocycles. The Morgan fingerprint density at radius 3 is 2.47 bits per heavy atom. The van der Waals surface area contributed by atoms with Crippen LogP contribution in [0.1, 0.15) is 29.9 Å². The van der Waals surface area contributed by atoms with Crippen LogP contribution < -0.4 is 0 Å². The molecule has 0 saturated carbocycles. The van der Waals surface area contributed by atoms with E-state index in [0.717, 1.165) is 18.8 Å². The number of aryl methyl sites for hydroxylation is 1. The zero-order valence-corrected chi connectivity index (χ0v) is 12.0. The molecule has 2 atom stereocenters. The fourth-order valence-electron chi connectivity index (χ4n) is 2.68. The Morgan fingerprint density at radius 1 is 1.37 bits per heavy atom. The summed E-state index contributed by atoms with van der Waals surface area (Å²) >= 11 is 0. The Balaban J connectivity index is 2.14. The zero-order valence-electron chi connectivity index (χ0n) is 12.0. The van der Waals surface area contributed by atoms with Gasteiger partial charge in [-0.05, 0) is 20.9 Å². The van der Waals surface area contributed by atoms with Gasteiger partial charge in [0.2, 0.25) is 0 Å². The lowest BCUT2D eigenvalue weighted by atomic mass is 10.1. The second-order valence-electron chi connectivity index (χ2n) is 5.49. The summed E-state index contributed by atoms with van der Waals surface area (Å²) in [6.07, 6.45) is 1.43. The van der Waals surface area contributed by atoms with Gasteiger partial charge in [-0.2, -0.15) is 5.10 Å². The molecule has 2 heterocycles. The summed E-state index contributed by atoms with van der Waals surface area (Å²) in [7, 11) is 3.93. The van der Waals surface area contributed by atoms with Crippen LogP contribution >= 0.6 is 0 Å². The average Bonchev–Trinajstić information content (AvgIpc) is 2.68. The first-order chi connectivity index (χ1) is 8.90. The Bertz CT molecular complexity index is 459. The van der Waals surface area contributed by atoms with E-state index in [4.69, 9.17) is 0 Å². The maximum Gasteiger partial charge on any atom is 0.339 e. The van der Waals surface area contributed by atoms with Gasteiger partial charge in [0.05, 0.1) is 11.9 Å². The normalized spacial score (nSPS) is 25.7. The lowest BCUT2D eigenvalue weighted by Crippen LogP contribution is -2.54. The summed E-state index contributed by atoms with van der Waals surface area (Å²) < 4.78 is 1.66. The average molecular weight is 266 g/mol. The van der Waals surface area contributed by atoms with E-state index in [1.807, 2.05) is 0 Å². The Labute approximate surface area is 113 Å². The van der Waals surface area contributed by atoms with E-state index in [9.17, 15) is 9.90 Å². The van der Waals surface area contributed by atoms with Gasteiger partial charge in [0.15, 0.2) is 0 Å². The maximum atomic E-state index is 11.2. The highest BCUT2D eigenvalue weighted by Crippen LogP contribution is 2.17. The molecule has 1 aliphatic rings. The monoisotopic (exact) mass is 266 g/mol. The molecule has 1 aromatic heterocycles. The summed E-state index contributed by atoms with van der Waals surface area (Å²) in [5, 5.41) is 13.2. The third-order valence-corrected chi connectivity index (χ3v) is 4.10. The van der Waals surface area contributed by atoms with Gasteiger partial charge in [-0.3, -0.25) is 14.5 Å². The number of rotatable bonds is 3. The number of hydrogen-bond acceptors (Lipinski definition) is 4. The molecule has 0 amide bonds. The minimum atomic E-state index is -0.904. The summed E-state index contributed by atoms with van der Waals surface area (Å²) in [5.41, 5.74) is 1.08. The lowest BCUT2D eigenvalue weighted by Gasteiger charge is -2.42. The standard InChI is InChI=1S/C13H22N4O2/c1-9-6-17(7-10(2)15(9)3)8-12-11(13(18)19)5-14-16(12)4/h5,9-10H,6-8H2,1-4H3,(H,18,19). The summed E-state index contributed by atoms with van der Waals surface area (Å²) in [4.78, 5) is 15.8. The van der Waals surface area contributed by atoms with E-state index in [0.29, 0.717) is 24.2 Å². The number of hydrogen-bond donors (Lipinski definition) is 1. The van der Waals surface area contributed by atoms with Crippen LogP contribution in [0.25, 0.3) is 0 Å². The predicted molar refractivity (Wildman–Crippen MR) is 72.1 cm³/mol. The van der Waals surface area contributed by atoms with E-state index >= 15 is 0 Å². The largest absolute Gasteiger partial charge is 0.478 e. The summed E-state index contributed by atoms with van der Waals surface area (Å²) in [6.45, 7) is 6.94. The molecular formula is C13H22N4O2. The van der Waals surface area contributed by atoms with Crippen molar-refractivity contribution in [3.8, 4) is 0 Å². The molecule has 0 spiro atoms. The molecule has 0 bridgehead atoms. The molecule has 19 heavy (non-hydrogen) atoms. The van der Waals surface area contributed by atoms with Crippen molar-refractivity contribution in [2.24, 2.45) is 7.05 Å². The number of piperazine rings is 1. The van der Waals surface area contributed by atoms with Crippen molar-refractivity contribution in [3.63, 3.8) is 0 Å². The molecule has 1 aliphatic heterocycles. The molecule has 2 rings (SSSR count). The highest BCUT2D eigenvalue weighted by molar-refractivity contribution is 5.88. The third kappa shape index (κ3) is 2.79. The molecule has 6 nitrogen and oxygen atoms in total. The summed E-state index contributed by atoms with van der Waals surface area (Å²) in [5.74, 6) is -0.904. The summed E-state index contributed by atoms with van der Waals surface area (Å²) in [6, 6.07) is 0.954. The SMILES string of the molecule is CC1CN(Cc2c(C(=O)O)cnn2C)CC(C)N1C. The second kappa shape index (κ2) is 5.30. The van der Waals surface area contributed by atoms with Crippen molar-refractivity contribution < 1.29 is 9.90 Å². The second-order valence-corrected chi connectivity index (χ2v) is 5.49. The molecule has 1 aromatic rings. The smallest absolute Gasteiger partial charge is 0.339 e. The van der Waals surface area contributed by atoms with E-state index in [-0.39, 0.29) is 0 Å². The van der Waals surface area contributed by atoms with Crippen molar-refractivity contribution in [1.82, 2.24) is 19.6 Å². The van der Waals surface area contributed by atoms with Gasteiger partial charge in [0.25, 0.3) is 0 Å². The van der Waals surface area contributed by atoms with Crippen LogP contribution in [0.2, 0.25) is 0 Å². The van der Waals surface area contributed by atoms with Gasteiger partial charge in [0, 0.05) is 38.8 Å². The highest BCUT2D eigenvalue weighted by atomic mass is 16.4. The van der Waals surface area contributed by atoms with Crippen LogP contribution in [0.3, 0.4) is 0 Å². The first kappa shape index (κ1) is 14.0. The van der Waals surface area contributed by atoms with Gasteiger partial charge in [-0.15, -0.1) is 0 Å². The molecular weight excluding hydrogens is 244 g/mol. The number of likely N-dealkylation sites (N-methyl/N-ethyl adjacent to an activating group) is 1. The van der Waals surface area contributed by atoms with Crippen LogP contribution in [-0.2, 0) is 13.6 Å². The number of nitrogens with zero attached hydrogens (tertiary/aromatic N) is 4. The van der Waals surface area contributed by atoms with E-state index in [1.54, 1.807) is 11.7 Å². The van der Waals surface area contributed by atoms with E-state index < -0.39 is 5.97 Å². The minimum absolute atomic E-state index is 0.307. The van der Waals surface area contributed by atoms with Crippen molar-refractivity contribution in [2.45, 2.75) is 32.5 Å².